The number of nitrogens with one attached hydrogen (secondary N) is 2. The molecule has 0 aliphatic carbocycles. The molecule has 0 spiro atoms. The molecule has 0 aliphatic rings. The summed E-state index contributed by atoms with van der Waals surface area (Å²) in [5.74, 6) is -0.0405. The Bertz CT molecular complexity index is 1030. The van der Waals surface area contributed by atoms with Crippen molar-refractivity contribution < 1.29 is 9.21 Å². The standard InChI is InChI=1S/C18H14N4O2S/c23-17(11-25-18-21-15-7-3-4-8-16(15)24-18)22-20-10-12-9-19-14-6-2-1-5-13(12)14/h1-10,19H,11H2,(H,22,23)/b20-10-. The van der Waals surface area contributed by atoms with Crippen molar-refractivity contribution in [3.8, 4) is 0 Å². The van der Waals surface area contributed by atoms with Crippen LogP contribution >= 0.6 is 11.8 Å². The lowest BCUT2D eigenvalue weighted by atomic mass is 10.2. The lowest BCUT2D eigenvalue weighted by Crippen LogP contribution is -2.19. The Kier molecular flexibility index (Phi) is 4.22. The van der Waals surface area contributed by atoms with Crippen molar-refractivity contribution in [2.24, 2.45) is 5.10 Å². The number of oxazole rings is 1. The fourth-order valence-corrected chi connectivity index (χ4v) is 3.08. The quantitative estimate of drug-likeness (QED) is 0.327. The normalized spacial score (nSPS) is 11.5. The number of H-pyrrole nitrogens is 1. The highest BCUT2D eigenvalue weighted by atomic mass is 32.2. The van der Waals surface area contributed by atoms with Gasteiger partial charge in [0.05, 0.1) is 12.0 Å². The molecule has 7 heteroatoms. The van der Waals surface area contributed by atoms with Crippen molar-refractivity contribution in [1.29, 1.82) is 0 Å². The van der Waals surface area contributed by atoms with Gasteiger partial charge in [0.15, 0.2) is 5.58 Å². The summed E-state index contributed by atoms with van der Waals surface area (Å²) >= 11 is 1.23. The topological polar surface area (TPSA) is 83.3 Å². The van der Waals surface area contributed by atoms with Crippen LogP contribution in [0.2, 0.25) is 0 Å². The fourth-order valence-electron chi connectivity index (χ4n) is 2.45. The largest absolute Gasteiger partial charge is 0.431 e. The number of hydrogen-bond acceptors (Lipinski definition) is 5. The number of aromatic nitrogens is 2. The number of benzene rings is 2. The number of nitrogens with zero attached hydrogens (tertiary/aromatic N) is 2. The number of aromatic amines is 1. The van der Waals surface area contributed by atoms with Gasteiger partial charge in [-0.05, 0) is 18.2 Å². The summed E-state index contributed by atoms with van der Waals surface area (Å²) in [7, 11) is 0. The van der Waals surface area contributed by atoms with E-state index >= 15 is 0 Å². The first-order valence-corrected chi connectivity index (χ1v) is 8.64. The Balaban J connectivity index is 1.34. The van der Waals surface area contributed by atoms with Gasteiger partial charge in [0.2, 0.25) is 0 Å². The van der Waals surface area contributed by atoms with E-state index < -0.39 is 0 Å². The molecule has 2 aromatic heterocycles. The summed E-state index contributed by atoms with van der Waals surface area (Å²) in [6, 6.07) is 15.4. The molecule has 6 nitrogen and oxygen atoms in total. The van der Waals surface area contributed by atoms with Crippen LogP contribution in [0.25, 0.3) is 22.0 Å². The van der Waals surface area contributed by atoms with Crippen molar-refractivity contribution in [2.75, 3.05) is 5.75 Å². The molecule has 2 heterocycles. The average Bonchev–Trinajstić information content (AvgIpc) is 3.24. The van der Waals surface area contributed by atoms with Crippen LogP contribution in [0.5, 0.6) is 0 Å². The van der Waals surface area contributed by atoms with Crippen molar-refractivity contribution >= 4 is 45.9 Å². The predicted molar refractivity (Wildman–Crippen MR) is 98.8 cm³/mol. The number of carbonyl (C=O) groups excluding carboxylic acids is 1. The van der Waals surface area contributed by atoms with Crippen LogP contribution in [0.3, 0.4) is 0 Å². The van der Waals surface area contributed by atoms with Crippen molar-refractivity contribution in [2.45, 2.75) is 5.22 Å². The first kappa shape index (κ1) is 15.5. The van der Waals surface area contributed by atoms with Gasteiger partial charge in [-0.2, -0.15) is 5.10 Å². The molecular formula is C18H14N4O2S. The Morgan fingerprint density at radius 1 is 1.24 bits per heavy atom. The second kappa shape index (κ2) is 6.82. The van der Waals surface area contributed by atoms with Crippen LogP contribution in [0, 0.1) is 0 Å². The summed E-state index contributed by atoms with van der Waals surface area (Å²) in [6.45, 7) is 0. The minimum Gasteiger partial charge on any atom is -0.431 e. The zero-order chi connectivity index (χ0) is 17.1. The second-order valence-corrected chi connectivity index (χ2v) is 6.25. The average molecular weight is 350 g/mol. The predicted octanol–water partition coefficient (Wildman–Crippen LogP) is 3.55. The Hall–Kier alpha value is -3.06. The highest BCUT2D eigenvalue weighted by Gasteiger charge is 2.08. The maximum Gasteiger partial charge on any atom is 0.257 e. The summed E-state index contributed by atoms with van der Waals surface area (Å²) in [5, 5.41) is 5.54. The molecule has 0 saturated heterocycles. The zero-order valence-corrected chi connectivity index (χ0v) is 13.9. The van der Waals surface area contributed by atoms with E-state index in [0.717, 1.165) is 22.0 Å². The second-order valence-electron chi connectivity index (χ2n) is 5.32. The molecule has 0 radical (unpaired) electrons. The molecule has 25 heavy (non-hydrogen) atoms. The fraction of sp³-hybridized carbons (Fsp3) is 0.0556. The van der Waals surface area contributed by atoms with Gasteiger partial charge < -0.3 is 9.40 Å². The molecule has 0 saturated carbocycles. The maximum absolute atomic E-state index is 11.9. The zero-order valence-electron chi connectivity index (χ0n) is 13.1. The molecule has 124 valence electrons. The SMILES string of the molecule is O=C(CSc1nc2ccccc2o1)N/N=C\c1c[nH]c2ccccc12. The van der Waals surface area contributed by atoms with Crippen LogP contribution in [0.1, 0.15) is 5.56 Å². The Morgan fingerprint density at radius 3 is 3.00 bits per heavy atom. The Labute approximate surface area is 147 Å². The number of hydrazone groups is 1. The molecule has 0 unspecified atom stereocenters. The van der Waals surface area contributed by atoms with E-state index in [9.17, 15) is 4.79 Å². The van der Waals surface area contributed by atoms with Crippen molar-refractivity contribution in [1.82, 2.24) is 15.4 Å². The van der Waals surface area contributed by atoms with E-state index in [1.165, 1.54) is 11.8 Å². The smallest absolute Gasteiger partial charge is 0.257 e. The monoisotopic (exact) mass is 350 g/mol. The number of fused-ring (bicyclic) bond motifs is 2. The molecule has 4 rings (SSSR count). The molecule has 1 amide bonds. The van der Waals surface area contributed by atoms with Gasteiger partial charge in [-0.1, -0.05) is 42.1 Å². The third kappa shape index (κ3) is 3.41. The van der Waals surface area contributed by atoms with Crippen LogP contribution in [0.4, 0.5) is 0 Å². The van der Waals surface area contributed by atoms with Gasteiger partial charge in [0, 0.05) is 22.7 Å². The van der Waals surface area contributed by atoms with Gasteiger partial charge >= 0.3 is 0 Å². The lowest BCUT2D eigenvalue weighted by molar-refractivity contribution is -0.118. The molecule has 0 fully saturated rings. The molecule has 0 aliphatic heterocycles. The minimum absolute atomic E-state index is 0.179. The number of carbonyl (C=O) groups is 1. The van der Waals surface area contributed by atoms with E-state index in [4.69, 9.17) is 4.42 Å². The minimum atomic E-state index is -0.219. The summed E-state index contributed by atoms with van der Waals surface area (Å²) in [5.41, 5.74) is 5.96. The number of amides is 1. The van der Waals surface area contributed by atoms with Gasteiger partial charge in [-0.25, -0.2) is 10.4 Å². The van der Waals surface area contributed by atoms with Crippen LogP contribution in [0.15, 0.2) is 69.5 Å². The molecular weight excluding hydrogens is 336 g/mol. The highest BCUT2D eigenvalue weighted by Crippen LogP contribution is 2.22. The Morgan fingerprint density at radius 2 is 2.08 bits per heavy atom. The number of thioether (sulfide) groups is 1. The molecule has 2 N–H and O–H groups in total. The van der Waals surface area contributed by atoms with Crippen LogP contribution < -0.4 is 5.43 Å². The van der Waals surface area contributed by atoms with Crippen molar-refractivity contribution in [3.05, 3.63) is 60.3 Å². The van der Waals surface area contributed by atoms with E-state index in [2.05, 4.69) is 20.5 Å². The lowest BCUT2D eigenvalue weighted by Gasteiger charge is -1.97. The van der Waals surface area contributed by atoms with E-state index in [1.54, 1.807) is 6.21 Å². The highest BCUT2D eigenvalue weighted by molar-refractivity contribution is 7.99. The van der Waals surface area contributed by atoms with Gasteiger partial charge in [0.1, 0.15) is 5.52 Å². The summed E-state index contributed by atoms with van der Waals surface area (Å²) in [4.78, 5) is 19.4. The van der Waals surface area contributed by atoms with Crippen LogP contribution in [-0.2, 0) is 4.79 Å². The summed E-state index contributed by atoms with van der Waals surface area (Å²) < 4.78 is 5.56. The number of rotatable bonds is 5. The van der Waals surface area contributed by atoms with Gasteiger partial charge in [-0.3, -0.25) is 4.79 Å². The first-order valence-electron chi connectivity index (χ1n) is 7.66. The third-order valence-electron chi connectivity index (χ3n) is 3.62. The first-order chi connectivity index (χ1) is 12.3. The van der Waals surface area contributed by atoms with E-state index in [-0.39, 0.29) is 11.7 Å². The molecule has 0 atom stereocenters. The maximum atomic E-state index is 11.9. The van der Waals surface area contributed by atoms with Gasteiger partial charge in [0.25, 0.3) is 11.1 Å². The molecule has 4 aromatic rings. The van der Waals surface area contributed by atoms with E-state index in [1.807, 2.05) is 54.7 Å². The van der Waals surface area contributed by atoms with Crippen LogP contribution in [-0.4, -0.2) is 27.8 Å². The van der Waals surface area contributed by atoms with Crippen molar-refractivity contribution in [3.63, 3.8) is 0 Å². The van der Waals surface area contributed by atoms with E-state index in [0.29, 0.717) is 10.8 Å². The van der Waals surface area contributed by atoms with Gasteiger partial charge in [-0.15, -0.1) is 0 Å². The third-order valence-corrected chi connectivity index (χ3v) is 4.44. The summed E-state index contributed by atoms with van der Waals surface area (Å²) in [6.07, 6.45) is 3.48. The number of hydrogen-bond donors (Lipinski definition) is 2. The molecule has 0 bridgehead atoms. The number of para-hydroxylation sites is 3. The molecule has 2 aromatic carbocycles.